The van der Waals surface area contributed by atoms with Gasteiger partial charge in [-0.3, -0.25) is 4.79 Å². The number of carbonyl (C=O) groups is 1. The highest BCUT2D eigenvalue weighted by Gasteiger charge is 2.13. The van der Waals surface area contributed by atoms with Gasteiger partial charge in [0.25, 0.3) is 5.91 Å². The lowest BCUT2D eigenvalue weighted by Gasteiger charge is -2.11. The smallest absolute Gasteiger partial charge is 0.251 e. The number of fused-ring (bicyclic) bond motifs is 1. The third-order valence-electron chi connectivity index (χ3n) is 4.73. The zero-order valence-corrected chi connectivity index (χ0v) is 16.7. The van der Waals surface area contributed by atoms with E-state index < -0.39 is 0 Å². The number of carbonyl (C=O) groups excluding carboxylic acids is 1. The first-order valence-electron chi connectivity index (χ1n) is 9.25. The second-order valence-corrected chi connectivity index (χ2v) is 7.08. The van der Waals surface area contributed by atoms with Crippen LogP contribution in [-0.2, 0) is 13.1 Å². The summed E-state index contributed by atoms with van der Waals surface area (Å²) in [5.41, 5.74) is 3.56. The van der Waals surface area contributed by atoms with Gasteiger partial charge in [0.05, 0.1) is 24.7 Å². The van der Waals surface area contributed by atoms with Crippen LogP contribution in [0.3, 0.4) is 0 Å². The Bertz CT molecular complexity index is 1150. The van der Waals surface area contributed by atoms with E-state index in [1.807, 2.05) is 48.5 Å². The summed E-state index contributed by atoms with van der Waals surface area (Å²) in [7, 11) is 1.65. The van der Waals surface area contributed by atoms with Gasteiger partial charge in [0.15, 0.2) is 0 Å². The zero-order valence-electron chi connectivity index (χ0n) is 15.9. The molecule has 0 radical (unpaired) electrons. The van der Waals surface area contributed by atoms with Gasteiger partial charge in [0, 0.05) is 17.1 Å². The second kappa shape index (κ2) is 8.37. The van der Waals surface area contributed by atoms with Gasteiger partial charge in [-0.1, -0.05) is 41.9 Å². The van der Waals surface area contributed by atoms with Gasteiger partial charge in [-0.05, 0) is 48.0 Å². The number of aromatic nitrogens is 2. The second-order valence-electron chi connectivity index (χ2n) is 6.64. The largest absolute Gasteiger partial charge is 0.497 e. The molecule has 5 nitrogen and oxygen atoms in total. The molecular formula is C23H20ClN3O2. The molecule has 0 aliphatic heterocycles. The van der Waals surface area contributed by atoms with Crippen LogP contribution in [0.15, 0.2) is 72.8 Å². The minimum atomic E-state index is -0.185. The number of methoxy groups -OCH3 is 1. The van der Waals surface area contributed by atoms with Crippen LogP contribution >= 0.6 is 11.6 Å². The van der Waals surface area contributed by atoms with Crippen LogP contribution in [0.2, 0.25) is 5.02 Å². The van der Waals surface area contributed by atoms with Crippen molar-refractivity contribution in [2.75, 3.05) is 7.11 Å². The molecule has 1 heterocycles. The van der Waals surface area contributed by atoms with Crippen LogP contribution in [0.5, 0.6) is 5.75 Å². The van der Waals surface area contributed by atoms with E-state index in [2.05, 4.69) is 9.88 Å². The van der Waals surface area contributed by atoms with Crippen LogP contribution in [0.25, 0.3) is 11.0 Å². The summed E-state index contributed by atoms with van der Waals surface area (Å²) in [5, 5.41) is 3.48. The first-order valence-corrected chi connectivity index (χ1v) is 9.62. The lowest BCUT2D eigenvalue weighted by atomic mass is 10.2. The topological polar surface area (TPSA) is 56.1 Å². The predicted molar refractivity (Wildman–Crippen MR) is 114 cm³/mol. The molecule has 146 valence electrons. The maximum atomic E-state index is 12.5. The van der Waals surface area contributed by atoms with E-state index in [0.717, 1.165) is 28.2 Å². The molecule has 0 saturated carbocycles. The van der Waals surface area contributed by atoms with Gasteiger partial charge < -0.3 is 14.6 Å². The van der Waals surface area contributed by atoms with Gasteiger partial charge in [-0.15, -0.1) is 0 Å². The molecule has 0 saturated heterocycles. The Morgan fingerprint density at radius 1 is 1.07 bits per heavy atom. The van der Waals surface area contributed by atoms with Crippen molar-refractivity contribution in [3.8, 4) is 5.75 Å². The van der Waals surface area contributed by atoms with Gasteiger partial charge in [0.1, 0.15) is 11.6 Å². The Hall–Kier alpha value is -3.31. The number of nitrogens with zero attached hydrogens (tertiary/aromatic N) is 2. The van der Waals surface area contributed by atoms with Gasteiger partial charge in [0.2, 0.25) is 0 Å². The highest BCUT2D eigenvalue weighted by Crippen LogP contribution is 2.20. The molecule has 4 aromatic rings. The number of benzene rings is 3. The van der Waals surface area contributed by atoms with Crippen LogP contribution < -0.4 is 10.1 Å². The van der Waals surface area contributed by atoms with E-state index in [1.165, 1.54) is 0 Å². The summed E-state index contributed by atoms with van der Waals surface area (Å²) in [6.07, 6.45) is 0. The summed E-state index contributed by atoms with van der Waals surface area (Å²) < 4.78 is 7.36. The lowest BCUT2D eigenvalue weighted by Crippen LogP contribution is -2.24. The molecular weight excluding hydrogens is 386 g/mol. The number of hydrogen-bond donors (Lipinski definition) is 1. The fourth-order valence-corrected chi connectivity index (χ4v) is 3.43. The number of para-hydroxylation sites is 2. The van der Waals surface area contributed by atoms with E-state index in [1.54, 1.807) is 31.4 Å². The average molecular weight is 406 g/mol. The maximum absolute atomic E-state index is 12.5. The molecule has 0 atom stereocenters. The van der Waals surface area contributed by atoms with Crippen molar-refractivity contribution in [1.82, 2.24) is 14.9 Å². The normalized spacial score (nSPS) is 10.8. The number of imidazole rings is 1. The fourth-order valence-electron chi connectivity index (χ4n) is 3.24. The van der Waals surface area contributed by atoms with Gasteiger partial charge in [-0.25, -0.2) is 4.98 Å². The zero-order chi connectivity index (χ0) is 20.2. The number of halogens is 1. The Balaban J connectivity index is 1.59. The lowest BCUT2D eigenvalue weighted by molar-refractivity contribution is 0.0949. The van der Waals surface area contributed by atoms with Gasteiger partial charge >= 0.3 is 0 Å². The highest BCUT2D eigenvalue weighted by molar-refractivity contribution is 6.30. The predicted octanol–water partition coefficient (Wildman–Crippen LogP) is 4.68. The Labute approximate surface area is 173 Å². The Kier molecular flexibility index (Phi) is 5.49. The van der Waals surface area contributed by atoms with E-state index in [0.29, 0.717) is 23.7 Å². The summed E-state index contributed by atoms with van der Waals surface area (Å²) in [6.45, 7) is 0.961. The third kappa shape index (κ3) is 4.25. The minimum absolute atomic E-state index is 0.185. The van der Waals surface area contributed by atoms with Crippen molar-refractivity contribution in [2.24, 2.45) is 0 Å². The molecule has 1 aromatic heterocycles. The molecule has 6 heteroatoms. The van der Waals surface area contributed by atoms with Crippen LogP contribution in [0.4, 0.5) is 0 Å². The van der Waals surface area contributed by atoms with Gasteiger partial charge in [-0.2, -0.15) is 0 Å². The number of ether oxygens (including phenoxy) is 1. The minimum Gasteiger partial charge on any atom is -0.497 e. The number of nitrogens with one attached hydrogen (secondary N) is 1. The van der Waals surface area contributed by atoms with Crippen molar-refractivity contribution in [3.63, 3.8) is 0 Å². The molecule has 0 fully saturated rings. The molecule has 1 amide bonds. The summed E-state index contributed by atoms with van der Waals surface area (Å²) in [6, 6.07) is 22.8. The quantitative estimate of drug-likeness (QED) is 0.507. The van der Waals surface area contributed by atoms with Crippen molar-refractivity contribution >= 4 is 28.5 Å². The summed E-state index contributed by atoms with van der Waals surface area (Å²) in [5.74, 6) is 1.42. The molecule has 0 aliphatic rings. The fraction of sp³-hybridized carbons (Fsp3) is 0.130. The van der Waals surface area contributed by atoms with E-state index in [4.69, 9.17) is 21.3 Å². The van der Waals surface area contributed by atoms with Crippen molar-refractivity contribution in [3.05, 3.63) is 94.8 Å². The number of amides is 1. The number of rotatable bonds is 6. The number of hydrogen-bond acceptors (Lipinski definition) is 3. The molecule has 3 aromatic carbocycles. The van der Waals surface area contributed by atoms with Crippen LogP contribution in [0, 0.1) is 0 Å². The summed E-state index contributed by atoms with van der Waals surface area (Å²) in [4.78, 5) is 17.2. The molecule has 29 heavy (non-hydrogen) atoms. The Morgan fingerprint density at radius 2 is 1.86 bits per heavy atom. The van der Waals surface area contributed by atoms with E-state index in [9.17, 15) is 4.79 Å². The SMILES string of the molecule is COc1ccc(Cn2c(CNC(=O)c3cccc(Cl)c3)nc3ccccc32)cc1. The van der Waals surface area contributed by atoms with E-state index >= 15 is 0 Å². The van der Waals surface area contributed by atoms with E-state index in [-0.39, 0.29) is 5.91 Å². The first kappa shape index (κ1) is 19.0. The summed E-state index contributed by atoms with van der Waals surface area (Å²) >= 11 is 5.99. The highest BCUT2D eigenvalue weighted by atomic mass is 35.5. The Morgan fingerprint density at radius 3 is 2.62 bits per heavy atom. The molecule has 0 spiro atoms. The standard InChI is InChI=1S/C23H20ClN3O2/c1-29-19-11-9-16(10-12-19)15-27-21-8-3-2-7-20(21)26-22(27)14-25-23(28)17-5-4-6-18(24)13-17/h2-13H,14-15H2,1H3,(H,25,28). The monoisotopic (exact) mass is 405 g/mol. The first-order chi connectivity index (χ1) is 14.1. The third-order valence-corrected chi connectivity index (χ3v) is 4.96. The molecule has 0 bridgehead atoms. The van der Waals surface area contributed by atoms with Crippen molar-refractivity contribution < 1.29 is 9.53 Å². The molecule has 0 unspecified atom stereocenters. The average Bonchev–Trinajstić information content (AvgIpc) is 3.10. The maximum Gasteiger partial charge on any atom is 0.251 e. The van der Waals surface area contributed by atoms with Crippen molar-refractivity contribution in [2.45, 2.75) is 13.1 Å². The van der Waals surface area contributed by atoms with Crippen LogP contribution in [-0.4, -0.2) is 22.6 Å². The van der Waals surface area contributed by atoms with Crippen molar-refractivity contribution in [1.29, 1.82) is 0 Å². The van der Waals surface area contributed by atoms with Crippen LogP contribution in [0.1, 0.15) is 21.7 Å². The molecule has 1 N–H and O–H groups in total. The molecule has 4 rings (SSSR count). The molecule has 0 aliphatic carbocycles.